The first kappa shape index (κ1) is 8.65. The summed E-state index contributed by atoms with van der Waals surface area (Å²) in [4.78, 5) is 23.7. The lowest BCUT2D eigenvalue weighted by Crippen LogP contribution is -2.40. The fraction of sp³-hybridized carbons (Fsp3) is 0.750. The molecule has 0 aromatic rings. The van der Waals surface area contributed by atoms with Crippen molar-refractivity contribution in [1.29, 1.82) is 0 Å². The summed E-state index contributed by atoms with van der Waals surface area (Å²) in [6.45, 7) is -0.492. The van der Waals surface area contributed by atoms with E-state index in [0.29, 0.717) is 6.42 Å². The number of β-amino-alcohol motifs (C(OH)–C–C–N with tert-alkyl or cyclic N) is 1. The number of imide groups is 1. The molecule has 3 atom stereocenters. The van der Waals surface area contributed by atoms with Crippen LogP contribution in [0.1, 0.15) is 6.42 Å². The highest BCUT2D eigenvalue weighted by molar-refractivity contribution is 6.08. The molecule has 2 aliphatic rings. The van der Waals surface area contributed by atoms with Crippen LogP contribution >= 0.6 is 0 Å². The molecule has 0 bridgehead atoms. The van der Waals surface area contributed by atoms with Crippen LogP contribution in [0.3, 0.4) is 0 Å². The van der Waals surface area contributed by atoms with E-state index in [1.54, 1.807) is 0 Å². The van der Waals surface area contributed by atoms with Crippen LogP contribution in [-0.4, -0.2) is 46.2 Å². The number of carbonyl (C=O) groups is 2. The fourth-order valence-electron chi connectivity index (χ4n) is 1.70. The van der Waals surface area contributed by atoms with Crippen molar-refractivity contribution in [3.05, 3.63) is 0 Å². The molecule has 0 spiro atoms. The SMILES string of the molecule is O=C1C2CC2C(=O)N1CC(O)CO. The second-order valence-electron chi connectivity index (χ2n) is 3.57. The molecule has 0 aromatic carbocycles. The van der Waals surface area contributed by atoms with Crippen LogP contribution in [0.4, 0.5) is 0 Å². The van der Waals surface area contributed by atoms with Gasteiger partial charge in [0.1, 0.15) is 0 Å². The third kappa shape index (κ3) is 1.24. The topological polar surface area (TPSA) is 77.8 Å². The van der Waals surface area contributed by atoms with E-state index in [0.717, 1.165) is 4.90 Å². The zero-order valence-electron chi connectivity index (χ0n) is 7.01. The van der Waals surface area contributed by atoms with Crippen molar-refractivity contribution in [2.24, 2.45) is 11.8 Å². The van der Waals surface area contributed by atoms with Crippen molar-refractivity contribution in [3.8, 4) is 0 Å². The van der Waals surface area contributed by atoms with Gasteiger partial charge in [-0.3, -0.25) is 14.5 Å². The Morgan fingerprint density at radius 2 is 1.92 bits per heavy atom. The predicted molar refractivity (Wildman–Crippen MR) is 41.4 cm³/mol. The van der Waals surface area contributed by atoms with Gasteiger partial charge >= 0.3 is 0 Å². The molecule has 1 aliphatic heterocycles. The smallest absolute Gasteiger partial charge is 0.233 e. The molecule has 3 unspecified atom stereocenters. The van der Waals surface area contributed by atoms with Gasteiger partial charge in [-0.25, -0.2) is 0 Å². The Hall–Kier alpha value is -0.940. The number of hydrogen-bond donors (Lipinski definition) is 2. The molecule has 0 radical (unpaired) electrons. The first-order valence-electron chi connectivity index (χ1n) is 4.29. The summed E-state index contributed by atoms with van der Waals surface area (Å²) in [5, 5.41) is 17.6. The highest BCUT2D eigenvalue weighted by atomic mass is 16.3. The third-order valence-electron chi connectivity index (χ3n) is 2.56. The Morgan fingerprint density at radius 1 is 1.38 bits per heavy atom. The standard InChI is InChI=1S/C8H11NO4/c10-3-4(11)2-9-7(12)5-1-6(5)8(9)13/h4-6,10-11H,1-3H2. The van der Waals surface area contributed by atoms with E-state index in [-0.39, 0.29) is 30.2 Å². The summed E-state index contributed by atoms with van der Waals surface area (Å²) >= 11 is 0. The van der Waals surface area contributed by atoms with Crippen LogP contribution in [0, 0.1) is 11.8 Å². The summed E-state index contributed by atoms with van der Waals surface area (Å²) in [6.07, 6.45) is -0.339. The van der Waals surface area contributed by atoms with E-state index in [1.165, 1.54) is 0 Å². The molecule has 5 heteroatoms. The number of aliphatic hydroxyl groups excluding tert-OH is 2. The second-order valence-corrected chi connectivity index (χ2v) is 3.57. The van der Waals surface area contributed by atoms with Crippen molar-refractivity contribution >= 4 is 11.8 Å². The number of amides is 2. The lowest BCUT2D eigenvalue weighted by atomic mass is 10.3. The van der Waals surface area contributed by atoms with Crippen molar-refractivity contribution < 1.29 is 19.8 Å². The first-order chi connectivity index (χ1) is 6.15. The number of fused-ring (bicyclic) bond motifs is 1. The van der Waals surface area contributed by atoms with Crippen LogP contribution in [0.15, 0.2) is 0 Å². The molecule has 1 aliphatic carbocycles. The van der Waals surface area contributed by atoms with Gasteiger partial charge in [0.25, 0.3) is 0 Å². The third-order valence-corrected chi connectivity index (χ3v) is 2.56. The molecule has 0 aromatic heterocycles. The maximum Gasteiger partial charge on any atom is 0.233 e. The van der Waals surface area contributed by atoms with E-state index in [4.69, 9.17) is 10.2 Å². The van der Waals surface area contributed by atoms with Gasteiger partial charge in [0.15, 0.2) is 0 Å². The van der Waals surface area contributed by atoms with E-state index < -0.39 is 12.7 Å². The molecule has 2 N–H and O–H groups in total. The van der Waals surface area contributed by atoms with Gasteiger partial charge < -0.3 is 10.2 Å². The minimum atomic E-state index is -1.01. The van der Waals surface area contributed by atoms with Gasteiger partial charge in [-0.05, 0) is 6.42 Å². The summed E-state index contributed by atoms with van der Waals surface area (Å²) in [5.41, 5.74) is 0. The molecule has 1 saturated heterocycles. The Bertz CT molecular complexity index is 245. The summed E-state index contributed by atoms with van der Waals surface area (Å²) in [6, 6.07) is 0. The largest absolute Gasteiger partial charge is 0.394 e. The minimum absolute atomic E-state index is 0.0683. The lowest BCUT2D eigenvalue weighted by molar-refractivity contribution is -0.143. The minimum Gasteiger partial charge on any atom is -0.394 e. The maximum absolute atomic E-state index is 11.3. The monoisotopic (exact) mass is 185 g/mol. The second kappa shape index (κ2) is 2.78. The average Bonchev–Trinajstić information content (AvgIpc) is 2.86. The van der Waals surface area contributed by atoms with Gasteiger partial charge in [-0.1, -0.05) is 0 Å². The zero-order valence-corrected chi connectivity index (χ0v) is 7.01. The summed E-state index contributed by atoms with van der Waals surface area (Å²) < 4.78 is 0. The summed E-state index contributed by atoms with van der Waals surface area (Å²) in [7, 11) is 0. The van der Waals surface area contributed by atoms with Crippen LogP contribution in [-0.2, 0) is 9.59 Å². The molecule has 2 rings (SSSR count). The van der Waals surface area contributed by atoms with E-state index in [1.807, 2.05) is 0 Å². The van der Waals surface area contributed by atoms with Crippen LogP contribution < -0.4 is 0 Å². The van der Waals surface area contributed by atoms with E-state index in [9.17, 15) is 9.59 Å². The fourth-order valence-corrected chi connectivity index (χ4v) is 1.70. The molecule has 72 valence electrons. The molecule has 5 nitrogen and oxygen atoms in total. The quantitative estimate of drug-likeness (QED) is 0.516. The Balaban J connectivity index is 2.00. The Morgan fingerprint density at radius 3 is 2.38 bits per heavy atom. The maximum atomic E-state index is 11.3. The highest BCUT2D eigenvalue weighted by Gasteiger charge is 2.58. The summed E-state index contributed by atoms with van der Waals surface area (Å²) in [5.74, 6) is -0.637. The van der Waals surface area contributed by atoms with Crippen molar-refractivity contribution in [2.75, 3.05) is 13.2 Å². The molecule has 1 saturated carbocycles. The number of piperidine rings is 1. The molecule has 1 heterocycles. The number of aliphatic hydroxyl groups is 2. The number of nitrogens with zero attached hydrogens (tertiary/aromatic N) is 1. The first-order valence-corrected chi connectivity index (χ1v) is 4.29. The number of rotatable bonds is 3. The number of carbonyl (C=O) groups excluding carboxylic acids is 2. The van der Waals surface area contributed by atoms with Gasteiger partial charge in [0.2, 0.25) is 11.8 Å². The molecular weight excluding hydrogens is 174 g/mol. The van der Waals surface area contributed by atoms with Crippen molar-refractivity contribution in [2.45, 2.75) is 12.5 Å². The van der Waals surface area contributed by atoms with Crippen LogP contribution in [0.25, 0.3) is 0 Å². The predicted octanol–water partition coefficient (Wildman–Crippen LogP) is -1.66. The highest BCUT2D eigenvalue weighted by Crippen LogP contribution is 2.46. The lowest BCUT2D eigenvalue weighted by Gasteiger charge is -2.18. The molecule has 2 fully saturated rings. The molecule has 2 amide bonds. The van der Waals surface area contributed by atoms with Gasteiger partial charge in [0.05, 0.1) is 31.1 Å². The normalized spacial score (nSPS) is 33.5. The molecule has 13 heavy (non-hydrogen) atoms. The van der Waals surface area contributed by atoms with E-state index in [2.05, 4.69) is 0 Å². The van der Waals surface area contributed by atoms with Gasteiger partial charge in [-0.15, -0.1) is 0 Å². The van der Waals surface area contributed by atoms with Crippen molar-refractivity contribution in [3.63, 3.8) is 0 Å². The van der Waals surface area contributed by atoms with Gasteiger partial charge in [-0.2, -0.15) is 0 Å². The van der Waals surface area contributed by atoms with Crippen LogP contribution in [0.2, 0.25) is 0 Å². The average molecular weight is 185 g/mol. The Labute approximate surface area is 75.0 Å². The number of likely N-dealkylation sites (tertiary alicyclic amines) is 1. The van der Waals surface area contributed by atoms with Crippen LogP contribution in [0.5, 0.6) is 0 Å². The van der Waals surface area contributed by atoms with Gasteiger partial charge in [0, 0.05) is 0 Å². The van der Waals surface area contributed by atoms with Crippen molar-refractivity contribution in [1.82, 2.24) is 4.90 Å². The Kier molecular flexibility index (Phi) is 1.85. The number of hydrogen-bond acceptors (Lipinski definition) is 4. The van der Waals surface area contributed by atoms with E-state index >= 15 is 0 Å². The zero-order chi connectivity index (χ0) is 9.59. The molecular formula is C8H11NO4.